The van der Waals surface area contributed by atoms with Crippen LogP contribution in [-0.4, -0.2) is 33.3 Å². The van der Waals surface area contributed by atoms with Gasteiger partial charge in [0.05, 0.1) is 4.92 Å². The van der Waals surface area contributed by atoms with E-state index in [0.717, 1.165) is 13.0 Å². The summed E-state index contributed by atoms with van der Waals surface area (Å²) in [7, 11) is 0. The molecule has 1 aromatic heterocycles. The molecule has 2 N–H and O–H groups in total. The number of hydrogen-bond acceptors (Lipinski definition) is 7. The summed E-state index contributed by atoms with van der Waals surface area (Å²) in [5.41, 5.74) is -1.05. The number of para-hydroxylation sites is 1. The van der Waals surface area contributed by atoms with Crippen molar-refractivity contribution in [2.24, 2.45) is 0 Å². The third kappa shape index (κ3) is 2.50. The Bertz CT molecular complexity index is 664. The van der Waals surface area contributed by atoms with Gasteiger partial charge >= 0.3 is 0 Å². The van der Waals surface area contributed by atoms with E-state index in [1.54, 1.807) is 18.2 Å². The van der Waals surface area contributed by atoms with E-state index < -0.39 is 10.5 Å². The van der Waals surface area contributed by atoms with E-state index in [0.29, 0.717) is 13.0 Å². The minimum Gasteiger partial charge on any atom is -0.379 e. The molecule has 2 heterocycles. The second kappa shape index (κ2) is 5.23. The first-order valence-electron chi connectivity index (χ1n) is 6.61. The summed E-state index contributed by atoms with van der Waals surface area (Å²) < 4.78 is 5.12. The average Bonchev–Trinajstić information content (AvgIpc) is 2.98. The zero-order valence-electron chi connectivity index (χ0n) is 11.2. The molecule has 0 radical (unpaired) electrons. The Labute approximate surface area is 119 Å². The molecule has 1 aromatic carbocycles. The van der Waals surface area contributed by atoms with Crippen molar-refractivity contribution in [3.63, 3.8) is 0 Å². The molecule has 0 amide bonds. The second-order valence-electron chi connectivity index (χ2n) is 5.01. The fourth-order valence-electron chi connectivity index (χ4n) is 2.42. The number of rotatable bonds is 3. The van der Waals surface area contributed by atoms with Gasteiger partial charge in [-0.05, 0) is 25.5 Å². The fourth-order valence-corrected chi connectivity index (χ4v) is 2.42. The van der Waals surface area contributed by atoms with Crippen molar-refractivity contribution in [3.8, 4) is 11.4 Å². The minimum absolute atomic E-state index is 0.0860. The standard InChI is InChI=1S/C13H14N4O4/c18-13(6-3-7-14-8-13)12-15-11(16-21-12)9-4-1-2-5-10(9)17(19)20/h1-2,4-5,14,18H,3,6-8H2. The number of β-amino-alcohol motifs (C(OH)–C–C–N with tert-alkyl or cyclic N) is 1. The van der Waals surface area contributed by atoms with Gasteiger partial charge in [-0.3, -0.25) is 10.1 Å². The number of nitro benzene ring substituents is 1. The van der Waals surface area contributed by atoms with Gasteiger partial charge in [-0.1, -0.05) is 17.3 Å². The van der Waals surface area contributed by atoms with Crippen LogP contribution in [0.4, 0.5) is 5.69 Å². The van der Waals surface area contributed by atoms with Crippen LogP contribution in [0.15, 0.2) is 28.8 Å². The molecule has 1 fully saturated rings. The highest BCUT2D eigenvalue weighted by Crippen LogP contribution is 2.31. The van der Waals surface area contributed by atoms with E-state index >= 15 is 0 Å². The molecule has 0 spiro atoms. The quantitative estimate of drug-likeness (QED) is 0.645. The Morgan fingerprint density at radius 1 is 1.43 bits per heavy atom. The predicted octanol–water partition coefficient (Wildman–Crippen LogP) is 1.22. The summed E-state index contributed by atoms with van der Waals surface area (Å²) in [6, 6.07) is 6.16. The summed E-state index contributed by atoms with van der Waals surface area (Å²) in [5, 5.41) is 28.4. The third-order valence-corrected chi connectivity index (χ3v) is 3.53. The van der Waals surface area contributed by atoms with Crippen LogP contribution in [0.3, 0.4) is 0 Å². The van der Waals surface area contributed by atoms with Crippen LogP contribution in [0.1, 0.15) is 18.7 Å². The molecule has 1 aliphatic rings. The molecule has 1 saturated heterocycles. The van der Waals surface area contributed by atoms with Gasteiger partial charge in [0.15, 0.2) is 5.60 Å². The molecule has 8 nitrogen and oxygen atoms in total. The maximum atomic E-state index is 11.0. The molecule has 21 heavy (non-hydrogen) atoms. The first-order valence-corrected chi connectivity index (χ1v) is 6.61. The van der Waals surface area contributed by atoms with Crippen molar-refractivity contribution in [2.75, 3.05) is 13.1 Å². The lowest BCUT2D eigenvalue weighted by atomic mass is 9.94. The molecule has 8 heteroatoms. The van der Waals surface area contributed by atoms with Crippen LogP contribution < -0.4 is 5.32 Å². The summed E-state index contributed by atoms with van der Waals surface area (Å²) in [6.07, 6.45) is 1.30. The second-order valence-corrected chi connectivity index (χ2v) is 5.01. The van der Waals surface area contributed by atoms with Crippen LogP contribution in [0, 0.1) is 10.1 Å². The zero-order valence-corrected chi connectivity index (χ0v) is 11.2. The number of benzene rings is 1. The Balaban J connectivity index is 1.97. The van der Waals surface area contributed by atoms with E-state index in [9.17, 15) is 15.2 Å². The van der Waals surface area contributed by atoms with E-state index in [1.165, 1.54) is 6.07 Å². The number of nitrogens with zero attached hydrogens (tertiary/aromatic N) is 3. The van der Waals surface area contributed by atoms with Crippen molar-refractivity contribution in [2.45, 2.75) is 18.4 Å². The summed E-state index contributed by atoms with van der Waals surface area (Å²) in [5.74, 6) is 0.194. The first kappa shape index (κ1) is 13.7. The van der Waals surface area contributed by atoms with Gasteiger partial charge in [0.1, 0.15) is 5.56 Å². The molecule has 110 valence electrons. The molecular weight excluding hydrogens is 276 g/mol. The lowest BCUT2D eigenvalue weighted by molar-refractivity contribution is -0.384. The third-order valence-electron chi connectivity index (χ3n) is 3.53. The van der Waals surface area contributed by atoms with E-state index in [1.807, 2.05) is 0 Å². The van der Waals surface area contributed by atoms with Crippen LogP contribution in [-0.2, 0) is 5.60 Å². The molecule has 0 bridgehead atoms. The molecule has 1 aliphatic heterocycles. The highest BCUT2D eigenvalue weighted by molar-refractivity contribution is 5.67. The van der Waals surface area contributed by atoms with E-state index in [-0.39, 0.29) is 23.0 Å². The normalized spacial score (nSPS) is 22.1. The zero-order chi connectivity index (χ0) is 14.9. The van der Waals surface area contributed by atoms with Crippen LogP contribution in [0.2, 0.25) is 0 Å². The van der Waals surface area contributed by atoms with Crippen LogP contribution in [0.5, 0.6) is 0 Å². The van der Waals surface area contributed by atoms with Gasteiger partial charge in [0.2, 0.25) is 5.82 Å². The first-order chi connectivity index (χ1) is 10.1. The number of piperidine rings is 1. The molecule has 0 aliphatic carbocycles. The van der Waals surface area contributed by atoms with Crippen LogP contribution >= 0.6 is 0 Å². The highest BCUT2D eigenvalue weighted by atomic mass is 16.6. The van der Waals surface area contributed by atoms with Gasteiger partial charge in [-0.15, -0.1) is 0 Å². The van der Waals surface area contributed by atoms with Gasteiger partial charge in [0.25, 0.3) is 11.6 Å². The fraction of sp³-hybridized carbons (Fsp3) is 0.385. The lowest BCUT2D eigenvalue weighted by Crippen LogP contribution is -2.43. The van der Waals surface area contributed by atoms with Crippen molar-refractivity contribution in [3.05, 3.63) is 40.3 Å². The van der Waals surface area contributed by atoms with Crippen molar-refractivity contribution in [1.29, 1.82) is 0 Å². The summed E-state index contributed by atoms with van der Waals surface area (Å²) in [4.78, 5) is 14.7. The number of hydrogen-bond donors (Lipinski definition) is 2. The molecule has 3 rings (SSSR count). The van der Waals surface area contributed by atoms with Crippen molar-refractivity contribution < 1.29 is 14.6 Å². The predicted molar refractivity (Wildman–Crippen MR) is 72.4 cm³/mol. The smallest absolute Gasteiger partial charge is 0.280 e. The number of nitrogens with one attached hydrogen (secondary N) is 1. The van der Waals surface area contributed by atoms with Crippen LogP contribution in [0.25, 0.3) is 11.4 Å². The maximum Gasteiger partial charge on any atom is 0.280 e. The monoisotopic (exact) mass is 290 g/mol. The topological polar surface area (TPSA) is 114 Å². The van der Waals surface area contributed by atoms with Gasteiger partial charge in [0, 0.05) is 12.6 Å². The molecule has 1 unspecified atom stereocenters. The maximum absolute atomic E-state index is 11.0. The van der Waals surface area contributed by atoms with Gasteiger partial charge < -0.3 is 14.9 Å². The number of nitro groups is 1. The number of aliphatic hydroxyl groups is 1. The van der Waals surface area contributed by atoms with Crippen molar-refractivity contribution >= 4 is 5.69 Å². The average molecular weight is 290 g/mol. The summed E-state index contributed by atoms with van der Waals surface area (Å²) >= 11 is 0. The SMILES string of the molecule is O=[N+]([O-])c1ccccc1-c1noc(C2(O)CCCNC2)n1. The molecule has 1 atom stereocenters. The molecular formula is C13H14N4O4. The minimum atomic E-state index is -1.22. The highest BCUT2D eigenvalue weighted by Gasteiger charge is 2.37. The molecule has 2 aromatic rings. The molecule has 0 saturated carbocycles. The summed E-state index contributed by atoms with van der Waals surface area (Å²) in [6.45, 7) is 1.15. The number of aromatic nitrogens is 2. The lowest BCUT2D eigenvalue weighted by Gasteiger charge is -2.28. The van der Waals surface area contributed by atoms with Gasteiger partial charge in [-0.2, -0.15) is 4.98 Å². The van der Waals surface area contributed by atoms with E-state index in [2.05, 4.69) is 15.5 Å². The van der Waals surface area contributed by atoms with E-state index in [4.69, 9.17) is 4.52 Å². The van der Waals surface area contributed by atoms with Gasteiger partial charge in [-0.25, -0.2) is 0 Å². The van der Waals surface area contributed by atoms with Crippen molar-refractivity contribution in [1.82, 2.24) is 15.5 Å². The Kier molecular flexibility index (Phi) is 3.40. The Hall–Kier alpha value is -2.32. The largest absolute Gasteiger partial charge is 0.379 e. The Morgan fingerprint density at radius 2 is 2.24 bits per heavy atom. The Morgan fingerprint density at radius 3 is 2.95 bits per heavy atom.